The van der Waals surface area contributed by atoms with Gasteiger partial charge in [-0.25, -0.2) is 4.79 Å². The summed E-state index contributed by atoms with van der Waals surface area (Å²) < 4.78 is 14.9. The molecule has 0 radical (unpaired) electrons. The summed E-state index contributed by atoms with van der Waals surface area (Å²) in [4.78, 5) is 11.7. The molecule has 1 rings (SSSR count). The van der Waals surface area contributed by atoms with Gasteiger partial charge in [0.1, 0.15) is 5.75 Å². The van der Waals surface area contributed by atoms with Gasteiger partial charge in [0.15, 0.2) is 0 Å². The van der Waals surface area contributed by atoms with Crippen LogP contribution in [0.3, 0.4) is 0 Å². The van der Waals surface area contributed by atoms with Crippen molar-refractivity contribution in [2.24, 2.45) is 0 Å². The average molecular weight is 239 g/mol. The number of ether oxygens (including phenoxy) is 3. The van der Waals surface area contributed by atoms with Gasteiger partial charge in [-0.1, -0.05) is 0 Å². The molecule has 0 aliphatic rings. The van der Waals surface area contributed by atoms with Gasteiger partial charge in [-0.3, -0.25) is 0 Å². The Bertz CT molecular complexity index is 379. The fourth-order valence-corrected chi connectivity index (χ4v) is 1.31. The highest BCUT2D eigenvalue weighted by molar-refractivity contribution is 5.91. The molecule has 0 atom stereocenters. The van der Waals surface area contributed by atoms with E-state index in [2.05, 4.69) is 0 Å². The van der Waals surface area contributed by atoms with Crippen LogP contribution in [0.1, 0.15) is 16.8 Å². The number of hydrogen-bond donors (Lipinski definition) is 1. The number of anilines is 1. The minimum Gasteiger partial charge on any atom is -0.497 e. The first-order valence-electron chi connectivity index (χ1n) is 5.28. The number of methoxy groups -OCH3 is 2. The summed E-state index contributed by atoms with van der Waals surface area (Å²) in [5.41, 5.74) is 6.50. The van der Waals surface area contributed by atoms with Crippen LogP contribution in [0.5, 0.6) is 5.75 Å². The summed E-state index contributed by atoms with van der Waals surface area (Å²) in [6.07, 6.45) is 0.668. The largest absolute Gasteiger partial charge is 0.497 e. The average Bonchev–Trinajstić information content (AvgIpc) is 2.33. The Labute approximate surface area is 100 Å². The summed E-state index contributed by atoms with van der Waals surface area (Å²) in [6.45, 7) is 0.886. The quantitative estimate of drug-likeness (QED) is 0.462. The van der Waals surface area contributed by atoms with Crippen LogP contribution in [0.15, 0.2) is 18.2 Å². The zero-order valence-corrected chi connectivity index (χ0v) is 10.1. The third-order valence-electron chi connectivity index (χ3n) is 2.13. The maximum Gasteiger partial charge on any atom is 0.338 e. The first-order valence-corrected chi connectivity index (χ1v) is 5.28. The van der Waals surface area contributed by atoms with E-state index in [4.69, 9.17) is 19.9 Å². The van der Waals surface area contributed by atoms with Crippen molar-refractivity contribution in [2.75, 3.05) is 33.2 Å². The molecule has 94 valence electrons. The lowest BCUT2D eigenvalue weighted by Crippen LogP contribution is -2.08. The monoisotopic (exact) mass is 239 g/mol. The van der Waals surface area contributed by atoms with Crippen LogP contribution in [0.4, 0.5) is 5.69 Å². The summed E-state index contributed by atoms with van der Waals surface area (Å²) in [5.74, 6) is 0.126. The zero-order valence-electron chi connectivity index (χ0n) is 10.1. The van der Waals surface area contributed by atoms with Crippen molar-refractivity contribution in [3.05, 3.63) is 23.8 Å². The molecule has 0 aliphatic carbocycles. The maximum atomic E-state index is 11.7. The van der Waals surface area contributed by atoms with E-state index in [1.807, 2.05) is 0 Å². The molecule has 2 N–H and O–H groups in total. The van der Waals surface area contributed by atoms with Gasteiger partial charge in [0.25, 0.3) is 0 Å². The summed E-state index contributed by atoms with van der Waals surface area (Å²) in [6, 6.07) is 4.79. The molecular formula is C12H17NO4. The Morgan fingerprint density at radius 3 is 2.65 bits per heavy atom. The Balaban J connectivity index is 2.59. The van der Waals surface area contributed by atoms with Crippen LogP contribution in [-0.2, 0) is 9.47 Å². The number of nitrogens with two attached hydrogens (primary N) is 1. The highest BCUT2D eigenvalue weighted by atomic mass is 16.5. The number of hydrogen-bond acceptors (Lipinski definition) is 5. The molecule has 0 saturated heterocycles. The number of carbonyl (C=O) groups excluding carboxylic acids is 1. The predicted octanol–water partition coefficient (Wildman–Crippen LogP) is 1.47. The molecule has 5 nitrogen and oxygen atoms in total. The van der Waals surface area contributed by atoms with Crippen molar-refractivity contribution in [1.29, 1.82) is 0 Å². The van der Waals surface area contributed by atoms with Crippen LogP contribution in [0, 0.1) is 0 Å². The molecule has 1 aromatic carbocycles. The molecule has 5 heteroatoms. The van der Waals surface area contributed by atoms with Crippen molar-refractivity contribution >= 4 is 11.7 Å². The van der Waals surface area contributed by atoms with Crippen LogP contribution >= 0.6 is 0 Å². The van der Waals surface area contributed by atoms with Crippen LogP contribution in [-0.4, -0.2) is 33.4 Å². The fraction of sp³-hybridized carbons (Fsp3) is 0.417. The van der Waals surface area contributed by atoms with Crippen molar-refractivity contribution in [3.8, 4) is 5.75 Å². The smallest absolute Gasteiger partial charge is 0.338 e. The number of carbonyl (C=O) groups is 1. The minimum atomic E-state index is -0.410. The van der Waals surface area contributed by atoms with E-state index in [0.717, 1.165) is 0 Å². The SMILES string of the molecule is COCCCOC(=O)c1cc(N)cc(OC)c1. The Morgan fingerprint density at radius 1 is 1.24 bits per heavy atom. The van der Waals surface area contributed by atoms with E-state index in [0.29, 0.717) is 36.6 Å². The summed E-state index contributed by atoms with van der Waals surface area (Å²) >= 11 is 0. The normalized spacial score (nSPS) is 10.0. The lowest BCUT2D eigenvalue weighted by atomic mass is 10.2. The highest BCUT2D eigenvalue weighted by Crippen LogP contribution is 2.19. The van der Waals surface area contributed by atoms with Gasteiger partial charge in [-0.05, 0) is 12.1 Å². The van der Waals surface area contributed by atoms with E-state index in [1.165, 1.54) is 7.11 Å². The number of rotatable bonds is 6. The van der Waals surface area contributed by atoms with Gasteiger partial charge in [0.2, 0.25) is 0 Å². The third kappa shape index (κ3) is 4.32. The topological polar surface area (TPSA) is 70.8 Å². The number of esters is 1. The lowest BCUT2D eigenvalue weighted by molar-refractivity contribution is 0.0468. The maximum absolute atomic E-state index is 11.7. The summed E-state index contributed by atoms with van der Waals surface area (Å²) in [5, 5.41) is 0. The van der Waals surface area contributed by atoms with Crippen LogP contribution in [0.2, 0.25) is 0 Å². The molecule has 0 aromatic heterocycles. The van der Waals surface area contributed by atoms with Crippen molar-refractivity contribution in [3.63, 3.8) is 0 Å². The van der Waals surface area contributed by atoms with E-state index < -0.39 is 5.97 Å². The van der Waals surface area contributed by atoms with Crippen molar-refractivity contribution < 1.29 is 19.0 Å². The molecule has 0 saturated carbocycles. The van der Waals surface area contributed by atoms with Crippen molar-refractivity contribution in [2.45, 2.75) is 6.42 Å². The van der Waals surface area contributed by atoms with E-state index in [9.17, 15) is 4.79 Å². The zero-order chi connectivity index (χ0) is 12.7. The Hall–Kier alpha value is -1.75. The molecule has 17 heavy (non-hydrogen) atoms. The molecule has 0 fully saturated rings. The molecule has 0 aliphatic heterocycles. The molecule has 0 amide bonds. The third-order valence-corrected chi connectivity index (χ3v) is 2.13. The molecule has 0 spiro atoms. The van der Waals surface area contributed by atoms with Gasteiger partial charge in [-0.2, -0.15) is 0 Å². The molecule has 0 unspecified atom stereocenters. The number of nitrogen functional groups attached to an aromatic ring is 1. The van der Waals surface area contributed by atoms with Gasteiger partial charge >= 0.3 is 5.97 Å². The fourth-order valence-electron chi connectivity index (χ4n) is 1.31. The van der Waals surface area contributed by atoms with Gasteiger partial charge in [0.05, 0.1) is 19.3 Å². The minimum absolute atomic E-state index is 0.323. The second-order valence-electron chi connectivity index (χ2n) is 3.48. The van der Waals surface area contributed by atoms with Crippen LogP contribution in [0.25, 0.3) is 0 Å². The summed E-state index contributed by atoms with van der Waals surface area (Å²) in [7, 11) is 3.12. The predicted molar refractivity (Wildman–Crippen MR) is 64.2 cm³/mol. The Kier molecular flexibility index (Phi) is 5.29. The molecular weight excluding hydrogens is 222 g/mol. The molecule has 0 heterocycles. The van der Waals surface area contributed by atoms with Gasteiger partial charge < -0.3 is 19.9 Å². The second kappa shape index (κ2) is 6.75. The Morgan fingerprint density at radius 2 is 2.00 bits per heavy atom. The molecule has 0 bridgehead atoms. The second-order valence-corrected chi connectivity index (χ2v) is 3.48. The first-order chi connectivity index (χ1) is 8.17. The number of benzene rings is 1. The van der Waals surface area contributed by atoms with Crippen molar-refractivity contribution in [1.82, 2.24) is 0 Å². The first kappa shape index (κ1) is 13.3. The lowest BCUT2D eigenvalue weighted by Gasteiger charge is -2.07. The van der Waals surface area contributed by atoms with Crippen LogP contribution < -0.4 is 10.5 Å². The highest BCUT2D eigenvalue weighted by Gasteiger charge is 2.09. The van der Waals surface area contributed by atoms with E-state index >= 15 is 0 Å². The molecule has 1 aromatic rings. The van der Waals surface area contributed by atoms with E-state index in [1.54, 1.807) is 25.3 Å². The van der Waals surface area contributed by atoms with E-state index in [-0.39, 0.29) is 0 Å². The van der Waals surface area contributed by atoms with Gasteiger partial charge in [0, 0.05) is 31.9 Å². The standard InChI is InChI=1S/C12H17NO4/c1-15-4-3-5-17-12(14)9-6-10(13)8-11(7-9)16-2/h6-8H,3-5,13H2,1-2H3. The van der Waals surface area contributed by atoms with Gasteiger partial charge in [-0.15, -0.1) is 0 Å².